The number of hydrogen-bond acceptors (Lipinski definition) is 3. The number of carboxylic acids is 1. The fraction of sp³-hybridized carbons (Fsp3) is 0.429. The molecule has 1 rings (SSSR count). The molecule has 0 aromatic heterocycles. The van der Waals surface area contributed by atoms with Crippen LogP contribution in [-0.2, 0) is 0 Å². The minimum atomic E-state index is -1.07. The molecular formula is C14H19BrN2O4. The molecule has 0 unspecified atom stereocenters. The summed E-state index contributed by atoms with van der Waals surface area (Å²) in [6.07, 6.45) is 0. The highest BCUT2D eigenvalue weighted by Gasteiger charge is 2.21. The van der Waals surface area contributed by atoms with E-state index in [-0.39, 0.29) is 12.1 Å². The second-order valence-corrected chi connectivity index (χ2v) is 6.21. The highest BCUT2D eigenvalue weighted by atomic mass is 79.9. The topological polar surface area (TPSA) is 89.9 Å². The van der Waals surface area contributed by atoms with Crippen LogP contribution in [0.2, 0.25) is 0 Å². The maximum absolute atomic E-state index is 12.2. The Morgan fingerprint density at radius 1 is 1.33 bits per heavy atom. The number of urea groups is 1. The van der Waals surface area contributed by atoms with E-state index in [9.17, 15) is 14.7 Å². The van der Waals surface area contributed by atoms with E-state index in [1.807, 2.05) is 0 Å². The van der Waals surface area contributed by atoms with Gasteiger partial charge in [-0.2, -0.15) is 0 Å². The van der Waals surface area contributed by atoms with Crippen molar-refractivity contribution in [3.63, 3.8) is 0 Å². The molecule has 6 nitrogen and oxygen atoms in total. The monoisotopic (exact) mass is 358 g/mol. The number of carbonyl (C=O) groups excluding carboxylic acids is 1. The molecule has 0 aliphatic heterocycles. The SMILES string of the molecule is CCN(CC(C)(C)O)C(=O)Nc1cc(Br)cc(C(=O)O)c1. The summed E-state index contributed by atoms with van der Waals surface area (Å²) in [7, 11) is 0. The lowest BCUT2D eigenvalue weighted by Crippen LogP contribution is -2.44. The summed E-state index contributed by atoms with van der Waals surface area (Å²) in [5.74, 6) is -1.07. The third kappa shape index (κ3) is 5.73. The Morgan fingerprint density at radius 3 is 2.43 bits per heavy atom. The second kappa shape index (κ2) is 6.91. The first-order valence-electron chi connectivity index (χ1n) is 6.44. The Morgan fingerprint density at radius 2 is 1.95 bits per heavy atom. The van der Waals surface area contributed by atoms with E-state index < -0.39 is 17.6 Å². The predicted octanol–water partition coefficient (Wildman–Crippen LogP) is 2.77. The second-order valence-electron chi connectivity index (χ2n) is 5.29. The van der Waals surface area contributed by atoms with Crippen molar-refractivity contribution in [3.05, 3.63) is 28.2 Å². The van der Waals surface area contributed by atoms with Gasteiger partial charge in [-0.25, -0.2) is 9.59 Å². The number of amides is 2. The molecule has 21 heavy (non-hydrogen) atoms. The van der Waals surface area contributed by atoms with Crippen molar-refractivity contribution < 1.29 is 19.8 Å². The van der Waals surface area contributed by atoms with E-state index >= 15 is 0 Å². The molecule has 7 heteroatoms. The van der Waals surface area contributed by atoms with E-state index in [1.165, 1.54) is 17.0 Å². The molecule has 0 saturated carbocycles. The third-order valence-corrected chi connectivity index (χ3v) is 3.10. The van der Waals surface area contributed by atoms with Gasteiger partial charge in [0.2, 0.25) is 0 Å². The molecule has 2 amide bonds. The zero-order valence-electron chi connectivity index (χ0n) is 12.2. The van der Waals surface area contributed by atoms with Crippen molar-refractivity contribution in [3.8, 4) is 0 Å². The molecule has 0 saturated heterocycles. The molecule has 0 spiro atoms. The first kappa shape index (κ1) is 17.5. The fourth-order valence-corrected chi connectivity index (χ4v) is 2.28. The summed E-state index contributed by atoms with van der Waals surface area (Å²) >= 11 is 3.21. The number of halogens is 1. The van der Waals surface area contributed by atoms with Gasteiger partial charge in [0.05, 0.1) is 17.7 Å². The van der Waals surface area contributed by atoms with Gasteiger partial charge in [0.15, 0.2) is 0 Å². The van der Waals surface area contributed by atoms with E-state index in [4.69, 9.17) is 5.11 Å². The van der Waals surface area contributed by atoms with Crippen LogP contribution < -0.4 is 5.32 Å². The van der Waals surface area contributed by atoms with Crippen molar-refractivity contribution in [1.82, 2.24) is 4.90 Å². The zero-order chi connectivity index (χ0) is 16.2. The summed E-state index contributed by atoms with van der Waals surface area (Å²) in [5, 5.41) is 21.4. The van der Waals surface area contributed by atoms with Crippen molar-refractivity contribution in [2.24, 2.45) is 0 Å². The summed E-state index contributed by atoms with van der Waals surface area (Å²) in [5.41, 5.74) is -0.553. The average molecular weight is 359 g/mol. The van der Waals surface area contributed by atoms with Crippen LogP contribution in [0.5, 0.6) is 0 Å². The van der Waals surface area contributed by atoms with Gasteiger partial charge >= 0.3 is 12.0 Å². The molecule has 1 aromatic rings. The maximum atomic E-state index is 12.2. The van der Waals surface area contributed by atoms with Gasteiger partial charge in [0, 0.05) is 16.7 Å². The predicted molar refractivity (Wildman–Crippen MR) is 83.7 cm³/mol. The number of hydrogen-bond donors (Lipinski definition) is 3. The van der Waals surface area contributed by atoms with Crippen LogP contribution in [0.4, 0.5) is 10.5 Å². The highest BCUT2D eigenvalue weighted by molar-refractivity contribution is 9.10. The van der Waals surface area contributed by atoms with Gasteiger partial charge in [-0.3, -0.25) is 0 Å². The Labute approximate surface area is 131 Å². The van der Waals surface area contributed by atoms with Gasteiger partial charge < -0.3 is 20.4 Å². The molecular weight excluding hydrogens is 340 g/mol. The number of likely N-dealkylation sites (N-methyl/N-ethyl adjacent to an activating group) is 1. The van der Waals surface area contributed by atoms with Crippen LogP contribution in [0, 0.1) is 0 Å². The molecule has 3 N–H and O–H groups in total. The lowest BCUT2D eigenvalue weighted by Gasteiger charge is -2.28. The minimum absolute atomic E-state index is 0.0743. The Kier molecular flexibility index (Phi) is 5.74. The maximum Gasteiger partial charge on any atom is 0.335 e. The third-order valence-electron chi connectivity index (χ3n) is 2.64. The van der Waals surface area contributed by atoms with Gasteiger partial charge in [0.25, 0.3) is 0 Å². The number of benzene rings is 1. The quantitative estimate of drug-likeness (QED) is 0.754. The van der Waals surface area contributed by atoms with Crippen LogP contribution in [0.25, 0.3) is 0 Å². The number of aliphatic hydroxyl groups is 1. The number of aromatic carboxylic acids is 1. The number of carbonyl (C=O) groups is 2. The van der Waals surface area contributed by atoms with Crippen LogP contribution in [0.3, 0.4) is 0 Å². The lowest BCUT2D eigenvalue weighted by atomic mass is 10.1. The molecule has 1 aromatic carbocycles. The van der Waals surface area contributed by atoms with Gasteiger partial charge in [-0.05, 0) is 39.0 Å². The summed E-state index contributed by atoms with van der Waals surface area (Å²) in [4.78, 5) is 24.6. The van der Waals surface area contributed by atoms with Crippen molar-refractivity contribution in [2.75, 3.05) is 18.4 Å². The Bertz CT molecular complexity index is 540. The zero-order valence-corrected chi connectivity index (χ0v) is 13.8. The van der Waals surface area contributed by atoms with Crippen molar-refractivity contribution >= 4 is 33.6 Å². The van der Waals surface area contributed by atoms with E-state index in [2.05, 4.69) is 21.2 Å². The van der Waals surface area contributed by atoms with Gasteiger partial charge in [-0.1, -0.05) is 15.9 Å². The summed E-state index contributed by atoms with van der Waals surface area (Å²) in [6.45, 7) is 5.63. The fourth-order valence-electron chi connectivity index (χ4n) is 1.78. The highest BCUT2D eigenvalue weighted by Crippen LogP contribution is 2.20. The van der Waals surface area contributed by atoms with Crippen LogP contribution in [0.1, 0.15) is 31.1 Å². The number of anilines is 1. The van der Waals surface area contributed by atoms with Crippen molar-refractivity contribution in [1.29, 1.82) is 0 Å². The summed E-state index contributed by atoms with van der Waals surface area (Å²) in [6, 6.07) is 4.05. The normalized spacial score (nSPS) is 11.1. The first-order chi connectivity index (χ1) is 9.62. The van der Waals surface area contributed by atoms with E-state index in [1.54, 1.807) is 26.8 Å². The van der Waals surface area contributed by atoms with Crippen LogP contribution >= 0.6 is 15.9 Å². The molecule has 0 radical (unpaired) electrons. The molecule has 0 bridgehead atoms. The minimum Gasteiger partial charge on any atom is -0.478 e. The lowest BCUT2D eigenvalue weighted by molar-refractivity contribution is 0.0501. The van der Waals surface area contributed by atoms with Gasteiger partial charge in [-0.15, -0.1) is 0 Å². The molecule has 0 aliphatic rings. The van der Waals surface area contributed by atoms with E-state index in [0.717, 1.165) is 0 Å². The molecule has 0 atom stereocenters. The smallest absolute Gasteiger partial charge is 0.335 e. The number of nitrogens with zero attached hydrogens (tertiary/aromatic N) is 1. The molecule has 0 fully saturated rings. The standard InChI is InChI=1S/C14H19BrN2O4/c1-4-17(8-14(2,3)21)13(20)16-11-6-9(12(18)19)5-10(15)7-11/h5-7,21H,4,8H2,1-3H3,(H,16,20)(H,18,19). The van der Waals surface area contributed by atoms with Crippen LogP contribution in [0.15, 0.2) is 22.7 Å². The van der Waals surface area contributed by atoms with E-state index in [0.29, 0.717) is 16.7 Å². The van der Waals surface area contributed by atoms with Gasteiger partial charge in [0.1, 0.15) is 0 Å². The van der Waals surface area contributed by atoms with Crippen molar-refractivity contribution in [2.45, 2.75) is 26.4 Å². The number of rotatable bonds is 5. The average Bonchev–Trinajstić information content (AvgIpc) is 2.33. The number of nitrogens with one attached hydrogen (secondary N) is 1. The largest absolute Gasteiger partial charge is 0.478 e. The molecule has 0 heterocycles. The Hall–Kier alpha value is -1.60. The molecule has 0 aliphatic carbocycles. The summed E-state index contributed by atoms with van der Waals surface area (Å²) < 4.78 is 0.559. The Balaban J connectivity index is 2.89. The number of carboxylic acid groups (broad SMARTS) is 1. The molecule has 116 valence electrons. The first-order valence-corrected chi connectivity index (χ1v) is 7.24. The van der Waals surface area contributed by atoms with Crippen LogP contribution in [-0.4, -0.2) is 45.8 Å².